The molecule has 0 bridgehead atoms. The number of thiophene rings is 1. The third-order valence-electron chi connectivity index (χ3n) is 3.68. The number of carbonyl (C=O) groups is 3. The average Bonchev–Trinajstić information content (AvgIpc) is 3.26. The summed E-state index contributed by atoms with van der Waals surface area (Å²) in [7, 11) is 0. The molecular weight excluding hydrogens is 354 g/mol. The van der Waals surface area contributed by atoms with E-state index in [4.69, 9.17) is 4.74 Å². The van der Waals surface area contributed by atoms with E-state index in [9.17, 15) is 14.4 Å². The number of aromatic amines is 1. The van der Waals surface area contributed by atoms with E-state index in [0.717, 1.165) is 10.4 Å². The molecule has 0 unspecified atom stereocenters. The maximum absolute atomic E-state index is 12.2. The minimum absolute atomic E-state index is 0.0874. The van der Waals surface area contributed by atoms with Crippen LogP contribution in [0.25, 0.3) is 10.9 Å². The van der Waals surface area contributed by atoms with Gasteiger partial charge in [0.1, 0.15) is 0 Å². The molecule has 7 nitrogen and oxygen atoms in total. The Balaban J connectivity index is 1.56. The Hall–Kier alpha value is -3.00. The molecule has 0 fully saturated rings. The van der Waals surface area contributed by atoms with Gasteiger partial charge >= 0.3 is 5.97 Å². The van der Waals surface area contributed by atoms with Gasteiger partial charge < -0.3 is 10.1 Å². The smallest absolute Gasteiger partial charge is 0.359 e. The van der Waals surface area contributed by atoms with Crippen LogP contribution in [0.15, 0.2) is 36.4 Å². The van der Waals surface area contributed by atoms with Crippen LogP contribution < -0.4 is 5.32 Å². The van der Waals surface area contributed by atoms with E-state index < -0.39 is 5.97 Å². The van der Waals surface area contributed by atoms with Crippen LogP contribution in [0.2, 0.25) is 0 Å². The molecule has 0 saturated carbocycles. The van der Waals surface area contributed by atoms with Crippen LogP contribution in [0.4, 0.5) is 0 Å². The summed E-state index contributed by atoms with van der Waals surface area (Å²) in [6.45, 7) is 1.64. The molecular formula is C18H17N3O4S. The van der Waals surface area contributed by atoms with Crippen LogP contribution >= 0.6 is 11.3 Å². The molecule has 0 radical (unpaired) electrons. The van der Waals surface area contributed by atoms with E-state index in [1.807, 2.05) is 12.1 Å². The number of para-hydroxylation sites is 1. The van der Waals surface area contributed by atoms with Gasteiger partial charge in [-0.1, -0.05) is 18.2 Å². The molecule has 1 amide bonds. The van der Waals surface area contributed by atoms with Crippen molar-refractivity contribution in [3.8, 4) is 0 Å². The van der Waals surface area contributed by atoms with Crippen molar-refractivity contribution in [1.82, 2.24) is 15.5 Å². The molecule has 26 heavy (non-hydrogen) atoms. The van der Waals surface area contributed by atoms with E-state index in [0.29, 0.717) is 23.2 Å². The summed E-state index contributed by atoms with van der Waals surface area (Å²) in [5, 5.41) is 10.1. The zero-order chi connectivity index (χ0) is 18.5. The van der Waals surface area contributed by atoms with Gasteiger partial charge in [-0.25, -0.2) is 4.79 Å². The van der Waals surface area contributed by atoms with Gasteiger partial charge in [-0.3, -0.25) is 14.7 Å². The second-order valence-corrected chi connectivity index (χ2v) is 6.78. The third kappa shape index (κ3) is 4.15. The maximum atomic E-state index is 12.2. The second kappa shape index (κ2) is 7.92. The molecule has 2 aromatic heterocycles. The number of ether oxygens (including phenoxy) is 1. The number of amides is 1. The number of hydrogen-bond donors (Lipinski definition) is 2. The Bertz CT molecular complexity index is 960. The number of ketones is 1. The molecule has 0 spiro atoms. The molecule has 0 atom stereocenters. The first-order valence-corrected chi connectivity index (χ1v) is 8.83. The van der Waals surface area contributed by atoms with E-state index in [2.05, 4.69) is 15.5 Å². The highest BCUT2D eigenvalue weighted by molar-refractivity contribution is 7.14. The Morgan fingerprint density at radius 2 is 2.00 bits per heavy atom. The van der Waals surface area contributed by atoms with E-state index in [1.54, 1.807) is 24.3 Å². The van der Waals surface area contributed by atoms with Crippen molar-refractivity contribution >= 4 is 39.9 Å². The highest BCUT2D eigenvalue weighted by Gasteiger charge is 2.18. The van der Waals surface area contributed by atoms with Crippen LogP contribution in [-0.4, -0.2) is 41.0 Å². The molecule has 134 valence electrons. The zero-order valence-electron chi connectivity index (χ0n) is 14.1. The molecule has 0 aliphatic rings. The summed E-state index contributed by atoms with van der Waals surface area (Å²) in [6, 6.07) is 10.7. The lowest BCUT2D eigenvalue weighted by molar-refractivity contribution is -0.118. The minimum Gasteiger partial charge on any atom is -0.452 e. The molecule has 8 heteroatoms. The lowest BCUT2D eigenvalue weighted by Crippen LogP contribution is -2.22. The number of H-pyrrole nitrogens is 1. The van der Waals surface area contributed by atoms with Crippen molar-refractivity contribution < 1.29 is 19.1 Å². The number of carbonyl (C=O) groups excluding carboxylic acids is 3. The van der Waals surface area contributed by atoms with Crippen LogP contribution in [0.1, 0.15) is 32.0 Å². The van der Waals surface area contributed by atoms with Gasteiger partial charge in [-0.15, -0.1) is 11.3 Å². The van der Waals surface area contributed by atoms with Crippen LogP contribution in [0.5, 0.6) is 0 Å². The SMILES string of the molecule is CC(=O)NCCc1ccc(C(=O)COC(=O)c2n[nH]c3ccccc23)s1. The fourth-order valence-corrected chi connectivity index (χ4v) is 3.35. The highest BCUT2D eigenvalue weighted by atomic mass is 32.1. The number of esters is 1. The van der Waals surface area contributed by atoms with Crippen LogP contribution in [0, 0.1) is 0 Å². The monoisotopic (exact) mass is 371 g/mol. The normalized spacial score (nSPS) is 10.7. The van der Waals surface area contributed by atoms with Gasteiger partial charge in [0, 0.05) is 23.7 Å². The first-order chi connectivity index (χ1) is 12.5. The van der Waals surface area contributed by atoms with Gasteiger partial charge in [0.05, 0.1) is 10.4 Å². The first kappa shape index (κ1) is 17.8. The number of Topliss-reactive ketones (excluding diaryl/α,β-unsaturated/α-hetero) is 1. The predicted octanol–water partition coefficient (Wildman–Crippen LogP) is 2.34. The molecule has 0 saturated heterocycles. The number of rotatable bonds is 7. The summed E-state index contributed by atoms with van der Waals surface area (Å²) in [5.41, 5.74) is 0.892. The Morgan fingerprint density at radius 1 is 1.19 bits per heavy atom. The summed E-state index contributed by atoms with van der Waals surface area (Å²) in [6.07, 6.45) is 0.649. The van der Waals surface area contributed by atoms with Crippen molar-refractivity contribution in [3.63, 3.8) is 0 Å². The lowest BCUT2D eigenvalue weighted by Gasteiger charge is -2.01. The molecule has 1 aromatic carbocycles. The quantitative estimate of drug-likeness (QED) is 0.490. The molecule has 3 aromatic rings. The molecule has 2 heterocycles. The standard InChI is InChI=1S/C18H17N3O4S/c1-11(22)19-9-8-12-6-7-16(26-12)15(23)10-25-18(24)17-13-4-2-3-5-14(13)20-21-17/h2-7H,8-10H2,1H3,(H,19,22)(H,20,21). The largest absolute Gasteiger partial charge is 0.452 e. The Kier molecular flexibility index (Phi) is 5.43. The van der Waals surface area contributed by atoms with E-state index >= 15 is 0 Å². The van der Waals surface area contributed by atoms with Crippen molar-refractivity contribution in [2.45, 2.75) is 13.3 Å². The zero-order valence-corrected chi connectivity index (χ0v) is 14.9. The molecule has 3 rings (SSSR count). The van der Waals surface area contributed by atoms with Crippen molar-refractivity contribution in [3.05, 3.63) is 51.8 Å². The summed E-state index contributed by atoms with van der Waals surface area (Å²) >= 11 is 1.33. The lowest BCUT2D eigenvalue weighted by atomic mass is 10.2. The minimum atomic E-state index is -0.641. The summed E-state index contributed by atoms with van der Waals surface area (Å²) in [4.78, 5) is 36.7. The van der Waals surface area contributed by atoms with E-state index in [1.165, 1.54) is 18.3 Å². The van der Waals surface area contributed by atoms with Crippen molar-refractivity contribution in [2.75, 3.05) is 13.2 Å². The van der Waals surface area contributed by atoms with Gasteiger partial charge in [0.2, 0.25) is 11.7 Å². The van der Waals surface area contributed by atoms with Gasteiger partial charge in [0.15, 0.2) is 12.3 Å². The third-order valence-corrected chi connectivity index (χ3v) is 4.87. The Labute approximate surface area is 153 Å². The molecule has 2 N–H and O–H groups in total. The first-order valence-electron chi connectivity index (χ1n) is 8.01. The van der Waals surface area contributed by atoms with Gasteiger partial charge in [-0.2, -0.15) is 5.10 Å². The average molecular weight is 371 g/mol. The van der Waals surface area contributed by atoms with Crippen LogP contribution in [-0.2, 0) is 16.0 Å². The summed E-state index contributed by atoms with van der Waals surface area (Å²) in [5.74, 6) is -0.997. The Morgan fingerprint density at radius 3 is 2.81 bits per heavy atom. The summed E-state index contributed by atoms with van der Waals surface area (Å²) < 4.78 is 5.11. The highest BCUT2D eigenvalue weighted by Crippen LogP contribution is 2.19. The van der Waals surface area contributed by atoms with Crippen molar-refractivity contribution in [1.29, 1.82) is 0 Å². The fourth-order valence-electron chi connectivity index (χ4n) is 2.41. The van der Waals surface area contributed by atoms with E-state index in [-0.39, 0.29) is 24.0 Å². The van der Waals surface area contributed by atoms with Crippen LogP contribution in [0.3, 0.4) is 0 Å². The number of nitrogens with one attached hydrogen (secondary N) is 2. The van der Waals surface area contributed by atoms with Gasteiger partial charge in [0.25, 0.3) is 0 Å². The maximum Gasteiger partial charge on any atom is 0.359 e. The van der Waals surface area contributed by atoms with Gasteiger partial charge in [-0.05, 0) is 24.6 Å². The number of fused-ring (bicyclic) bond motifs is 1. The number of nitrogens with zero attached hydrogens (tertiary/aromatic N) is 1. The predicted molar refractivity (Wildman–Crippen MR) is 97.4 cm³/mol. The molecule has 0 aliphatic carbocycles. The topological polar surface area (TPSA) is 101 Å². The number of aromatic nitrogens is 2. The number of hydrogen-bond acceptors (Lipinski definition) is 6. The molecule has 0 aliphatic heterocycles. The van der Waals surface area contributed by atoms with Crippen molar-refractivity contribution in [2.24, 2.45) is 0 Å². The fraction of sp³-hybridized carbons (Fsp3) is 0.222. The second-order valence-electron chi connectivity index (χ2n) is 5.62. The number of benzene rings is 1.